The van der Waals surface area contributed by atoms with Crippen molar-refractivity contribution in [1.82, 2.24) is 0 Å². The molecule has 0 radical (unpaired) electrons. The lowest BCUT2D eigenvalue weighted by Gasteiger charge is -2.57. The van der Waals surface area contributed by atoms with Crippen molar-refractivity contribution < 1.29 is 5.11 Å². The zero-order valence-electron chi connectivity index (χ0n) is 8.51. The van der Waals surface area contributed by atoms with Crippen LogP contribution in [0.5, 0.6) is 0 Å². The first-order chi connectivity index (χ1) is 6.04. The van der Waals surface area contributed by atoms with Crippen molar-refractivity contribution in [2.75, 3.05) is 0 Å². The molecule has 0 aliphatic heterocycles. The van der Waals surface area contributed by atoms with E-state index in [4.69, 9.17) is 0 Å². The van der Waals surface area contributed by atoms with Crippen LogP contribution in [-0.4, -0.2) is 10.7 Å². The molecule has 72 valence electrons. The molecule has 0 heterocycles. The molecule has 2 atom stereocenters. The van der Waals surface area contributed by atoms with E-state index in [0.29, 0.717) is 11.3 Å². The highest BCUT2D eigenvalue weighted by Crippen LogP contribution is 2.64. The summed E-state index contributed by atoms with van der Waals surface area (Å²) in [6.45, 7) is 4.73. The Bertz CT molecular complexity index is 283. The fraction of sp³-hybridized carbons (Fsp3) is 0.833. The second-order valence-corrected chi connectivity index (χ2v) is 5.73. The molecule has 2 saturated carbocycles. The molecular formula is C12H18O. The molecule has 0 saturated heterocycles. The summed E-state index contributed by atoms with van der Waals surface area (Å²) in [7, 11) is 0. The fourth-order valence-corrected chi connectivity index (χ4v) is 3.28. The Labute approximate surface area is 79.8 Å². The van der Waals surface area contributed by atoms with Gasteiger partial charge in [0.25, 0.3) is 0 Å². The Morgan fingerprint density at radius 2 is 2.08 bits per heavy atom. The van der Waals surface area contributed by atoms with Crippen molar-refractivity contribution in [1.29, 1.82) is 0 Å². The molecule has 0 spiro atoms. The zero-order chi connectivity index (χ0) is 9.27. The van der Waals surface area contributed by atoms with E-state index in [9.17, 15) is 5.11 Å². The molecule has 2 bridgehead atoms. The summed E-state index contributed by atoms with van der Waals surface area (Å²) in [4.78, 5) is 0. The van der Waals surface area contributed by atoms with Gasteiger partial charge in [-0.25, -0.2) is 0 Å². The Morgan fingerprint density at radius 1 is 1.38 bits per heavy atom. The molecule has 1 nitrogen and oxygen atoms in total. The van der Waals surface area contributed by atoms with Crippen LogP contribution in [0.15, 0.2) is 11.6 Å². The van der Waals surface area contributed by atoms with Gasteiger partial charge in [0.2, 0.25) is 0 Å². The van der Waals surface area contributed by atoms with Gasteiger partial charge in [0.1, 0.15) is 0 Å². The van der Waals surface area contributed by atoms with Crippen LogP contribution < -0.4 is 0 Å². The van der Waals surface area contributed by atoms with Gasteiger partial charge in [-0.15, -0.1) is 0 Å². The molecule has 0 aromatic carbocycles. The first kappa shape index (κ1) is 8.05. The van der Waals surface area contributed by atoms with E-state index in [1.165, 1.54) is 18.4 Å². The van der Waals surface area contributed by atoms with Gasteiger partial charge in [0.15, 0.2) is 0 Å². The molecule has 0 aromatic heterocycles. The molecule has 2 unspecified atom stereocenters. The highest BCUT2D eigenvalue weighted by Gasteiger charge is 2.58. The second kappa shape index (κ2) is 2.03. The lowest BCUT2D eigenvalue weighted by molar-refractivity contribution is -0.0250. The summed E-state index contributed by atoms with van der Waals surface area (Å²) in [6.07, 6.45) is 6.89. The topological polar surface area (TPSA) is 20.2 Å². The lowest BCUT2D eigenvalue weighted by Crippen LogP contribution is -2.50. The average molecular weight is 178 g/mol. The minimum absolute atomic E-state index is 0.354. The van der Waals surface area contributed by atoms with E-state index in [-0.39, 0.29) is 5.60 Å². The quantitative estimate of drug-likeness (QED) is 0.612. The molecule has 0 amide bonds. The van der Waals surface area contributed by atoms with E-state index < -0.39 is 0 Å². The Kier molecular flexibility index (Phi) is 1.26. The number of allylic oxidation sites excluding steroid dienone is 1. The van der Waals surface area contributed by atoms with E-state index >= 15 is 0 Å². The molecule has 2 fully saturated rings. The van der Waals surface area contributed by atoms with Gasteiger partial charge in [0, 0.05) is 0 Å². The van der Waals surface area contributed by atoms with Crippen molar-refractivity contribution in [3.63, 3.8) is 0 Å². The smallest absolute Gasteiger partial charge is 0.0862 e. The molecule has 13 heavy (non-hydrogen) atoms. The van der Waals surface area contributed by atoms with Gasteiger partial charge in [-0.2, -0.15) is 0 Å². The predicted molar refractivity (Wildman–Crippen MR) is 52.3 cm³/mol. The third-order valence-corrected chi connectivity index (χ3v) is 4.73. The molecule has 4 rings (SSSR count). The number of hydrogen-bond acceptors (Lipinski definition) is 1. The monoisotopic (exact) mass is 178 g/mol. The predicted octanol–water partition coefficient (Wildman–Crippen LogP) is 2.50. The van der Waals surface area contributed by atoms with Gasteiger partial charge < -0.3 is 5.11 Å². The Hall–Kier alpha value is -0.300. The summed E-state index contributed by atoms with van der Waals surface area (Å²) in [6, 6.07) is 0. The maximum absolute atomic E-state index is 10.1. The van der Waals surface area contributed by atoms with Gasteiger partial charge in [-0.3, -0.25) is 0 Å². The Balaban J connectivity index is 1.94. The maximum atomic E-state index is 10.1. The number of aliphatic hydroxyl groups is 1. The molecular weight excluding hydrogens is 160 g/mol. The number of rotatable bonds is 1. The fourth-order valence-electron chi connectivity index (χ4n) is 3.28. The highest BCUT2D eigenvalue weighted by atomic mass is 16.3. The molecule has 1 heteroatoms. The molecule has 4 aliphatic carbocycles. The van der Waals surface area contributed by atoms with Crippen LogP contribution in [0.2, 0.25) is 0 Å². The van der Waals surface area contributed by atoms with E-state index in [1.54, 1.807) is 0 Å². The SMILES string of the molecule is CC1(C)C2CC=C(C3(O)CC3)C1C2. The summed E-state index contributed by atoms with van der Waals surface area (Å²) in [5.74, 6) is 1.59. The second-order valence-electron chi connectivity index (χ2n) is 5.73. The first-order valence-electron chi connectivity index (χ1n) is 5.47. The van der Waals surface area contributed by atoms with E-state index in [2.05, 4.69) is 19.9 Å². The third-order valence-electron chi connectivity index (χ3n) is 4.73. The van der Waals surface area contributed by atoms with Crippen LogP contribution in [0.3, 0.4) is 0 Å². The Morgan fingerprint density at radius 3 is 2.54 bits per heavy atom. The molecule has 0 aromatic rings. The molecule has 1 N–H and O–H groups in total. The van der Waals surface area contributed by atoms with Crippen LogP contribution in [0.1, 0.15) is 39.5 Å². The largest absolute Gasteiger partial charge is 0.386 e. The average Bonchev–Trinajstić information content (AvgIpc) is 2.85. The van der Waals surface area contributed by atoms with Crippen LogP contribution in [0.25, 0.3) is 0 Å². The van der Waals surface area contributed by atoms with Crippen molar-refractivity contribution >= 4 is 0 Å². The van der Waals surface area contributed by atoms with Crippen LogP contribution in [0, 0.1) is 17.3 Å². The molecule has 4 aliphatic rings. The number of hydrogen-bond donors (Lipinski definition) is 1. The number of fused-ring (bicyclic) bond motifs is 1. The van der Waals surface area contributed by atoms with E-state index in [0.717, 1.165) is 18.8 Å². The summed E-state index contributed by atoms with van der Waals surface area (Å²) >= 11 is 0. The van der Waals surface area contributed by atoms with Crippen molar-refractivity contribution in [2.45, 2.75) is 45.1 Å². The van der Waals surface area contributed by atoms with Gasteiger partial charge in [-0.1, -0.05) is 19.9 Å². The summed E-state index contributed by atoms with van der Waals surface area (Å²) in [5.41, 5.74) is 1.51. The minimum Gasteiger partial charge on any atom is -0.386 e. The highest BCUT2D eigenvalue weighted by molar-refractivity contribution is 5.34. The van der Waals surface area contributed by atoms with Crippen LogP contribution in [0.4, 0.5) is 0 Å². The zero-order valence-corrected chi connectivity index (χ0v) is 8.51. The van der Waals surface area contributed by atoms with Crippen molar-refractivity contribution in [3.8, 4) is 0 Å². The van der Waals surface area contributed by atoms with Crippen molar-refractivity contribution in [3.05, 3.63) is 11.6 Å². The normalized spacial score (nSPS) is 43.5. The van der Waals surface area contributed by atoms with Gasteiger partial charge in [0.05, 0.1) is 5.60 Å². The summed E-state index contributed by atoms with van der Waals surface area (Å²) in [5, 5.41) is 10.1. The maximum Gasteiger partial charge on any atom is 0.0862 e. The lowest BCUT2D eigenvalue weighted by atomic mass is 9.48. The van der Waals surface area contributed by atoms with Crippen LogP contribution in [-0.2, 0) is 0 Å². The summed E-state index contributed by atoms with van der Waals surface area (Å²) < 4.78 is 0. The third kappa shape index (κ3) is 0.864. The van der Waals surface area contributed by atoms with Crippen molar-refractivity contribution in [2.24, 2.45) is 17.3 Å². The van der Waals surface area contributed by atoms with Gasteiger partial charge >= 0.3 is 0 Å². The van der Waals surface area contributed by atoms with E-state index in [1.807, 2.05) is 0 Å². The minimum atomic E-state index is -0.354. The standard InChI is InChI=1S/C12H18O/c1-11(2)8-3-4-9(10(11)7-8)12(13)5-6-12/h4,8,10,13H,3,5-7H2,1-2H3. The van der Waals surface area contributed by atoms with Gasteiger partial charge in [-0.05, 0) is 48.5 Å². The first-order valence-corrected chi connectivity index (χ1v) is 5.47. The van der Waals surface area contributed by atoms with Crippen LogP contribution >= 0.6 is 0 Å².